The summed E-state index contributed by atoms with van der Waals surface area (Å²) in [5.74, 6) is 2.71. The number of nitrogens with zero attached hydrogens (tertiary/aromatic N) is 3. The molecular weight excluding hydrogens is 344 g/mol. The highest BCUT2D eigenvalue weighted by atomic mass is 16.5. The highest BCUT2D eigenvalue weighted by Gasteiger charge is 2.28. The Labute approximate surface area is 160 Å². The zero-order valence-electron chi connectivity index (χ0n) is 16.2. The number of carbonyl (C=O) groups excluding carboxylic acids is 1. The van der Waals surface area contributed by atoms with Crippen molar-refractivity contribution in [2.45, 2.75) is 51.2 Å². The zero-order valence-corrected chi connectivity index (χ0v) is 16.2. The van der Waals surface area contributed by atoms with Gasteiger partial charge in [0, 0.05) is 36.2 Å². The Kier molecular flexibility index (Phi) is 6.01. The first kappa shape index (κ1) is 19.2. The molecule has 1 amide bonds. The van der Waals surface area contributed by atoms with Crippen LogP contribution in [0, 0.1) is 0 Å². The summed E-state index contributed by atoms with van der Waals surface area (Å²) in [5.41, 5.74) is 7.87. The van der Waals surface area contributed by atoms with E-state index < -0.39 is 0 Å². The smallest absolute Gasteiger partial charge is 0.215 e. The Bertz CT molecular complexity index is 784. The predicted octanol–water partition coefficient (Wildman–Crippen LogP) is 2.68. The largest absolute Gasteiger partial charge is 0.497 e. The molecule has 1 heterocycles. The van der Waals surface area contributed by atoms with Gasteiger partial charge < -0.3 is 15.2 Å². The fourth-order valence-corrected chi connectivity index (χ4v) is 3.06. The highest BCUT2D eigenvalue weighted by Crippen LogP contribution is 2.40. The number of anilines is 1. The average molecular weight is 372 g/mol. The Balaban J connectivity index is 1.87. The number of nitrogens with two attached hydrogens (primary N) is 1. The number of ether oxygens (including phenoxy) is 2. The number of methoxy groups -OCH3 is 2. The summed E-state index contributed by atoms with van der Waals surface area (Å²) in [4.78, 5) is 13.6. The van der Waals surface area contributed by atoms with Gasteiger partial charge >= 0.3 is 0 Å². The third-order valence-electron chi connectivity index (χ3n) is 4.83. The Hall–Kier alpha value is -2.54. The van der Waals surface area contributed by atoms with E-state index in [-0.39, 0.29) is 6.04 Å². The Morgan fingerprint density at radius 2 is 2.11 bits per heavy atom. The number of hydrogen-bond donors (Lipinski definition) is 1. The van der Waals surface area contributed by atoms with Gasteiger partial charge in [-0.15, -0.1) is 0 Å². The second-order valence-electron chi connectivity index (χ2n) is 7.10. The molecule has 0 aliphatic heterocycles. The lowest BCUT2D eigenvalue weighted by Gasteiger charge is -2.20. The van der Waals surface area contributed by atoms with Crippen molar-refractivity contribution in [3.8, 4) is 11.5 Å². The van der Waals surface area contributed by atoms with Crippen LogP contribution >= 0.6 is 0 Å². The molecule has 2 aromatic rings. The molecule has 0 spiro atoms. The van der Waals surface area contributed by atoms with Crippen molar-refractivity contribution in [3.05, 3.63) is 35.5 Å². The molecular formula is C20H28N4O3. The first-order valence-electron chi connectivity index (χ1n) is 9.31. The topological polar surface area (TPSA) is 82.6 Å². The normalized spacial score (nSPS) is 14.7. The molecule has 1 aromatic heterocycles. The molecule has 27 heavy (non-hydrogen) atoms. The van der Waals surface area contributed by atoms with Gasteiger partial charge in [-0.05, 0) is 38.3 Å². The lowest BCUT2D eigenvalue weighted by Crippen LogP contribution is -2.25. The van der Waals surface area contributed by atoms with Crippen LogP contribution in [0.4, 0.5) is 5.82 Å². The molecule has 1 aliphatic carbocycles. The number of rotatable bonds is 10. The molecule has 1 aliphatic rings. The quantitative estimate of drug-likeness (QED) is 0.649. The molecule has 3 rings (SSSR count). The molecule has 0 bridgehead atoms. The van der Waals surface area contributed by atoms with Gasteiger partial charge in [-0.2, -0.15) is 5.10 Å². The van der Waals surface area contributed by atoms with Crippen molar-refractivity contribution in [3.63, 3.8) is 0 Å². The van der Waals surface area contributed by atoms with Crippen molar-refractivity contribution in [2.75, 3.05) is 19.1 Å². The summed E-state index contributed by atoms with van der Waals surface area (Å²) >= 11 is 0. The van der Waals surface area contributed by atoms with Crippen LogP contribution in [-0.2, 0) is 17.9 Å². The summed E-state index contributed by atoms with van der Waals surface area (Å²) in [6.07, 6.45) is 3.98. The SMILES string of the molecule is COc1ccc(CN(C=O)c2cc(C3CC3)nn2CCC(C)N)c(OC)c1. The third-order valence-corrected chi connectivity index (χ3v) is 4.83. The number of amides is 1. The second-order valence-corrected chi connectivity index (χ2v) is 7.10. The van der Waals surface area contributed by atoms with E-state index in [0.717, 1.165) is 42.7 Å². The lowest BCUT2D eigenvalue weighted by molar-refractivity contribution is -0.107. The van der Waals surface area contributed by atoms with Gasteiger partial charge in [0.1, 0.15) is 17.3 Å². The van der Waals surface area contributed by atoms with Gasteiger partial charge in [-0.1, -0.05) is 0 Å². The molecule has 1 atom stereocenters. The van der Waals surface area contributed by atoms with E-state index in [1.807, 2.05) is 35.9 Å². The van der Waals surface area contributed by atoms with Crippen molar-refractivity contribution in [1.82, 2.24) is 9.78 Å². The summed E-state index contributed by atoms with van der Waals surface area (Å²) in [6.45, 7) is 3.05. The first-order chi connectivity index (χ1) is 13.0. The maximum atomic E-state index is 11.9. The van der Waals surface area contributed by atoms with Crippen molar-refractivity contribution in [2.24, 2.45) is 5.73 Å². The van der Waals surface area contributed by atoms with Crippen LogP contribution in [0.3, 0.4) is 0 Å². The molecule has 1 saturated carbocycles. The summed E-state index contributed by atoms with van der Waals surface area (Å²) < 4.78 is 12.6. The standard InChI is InChI=1S/C20H28N4O3/c1-14(21)8-9-24-20(11-18(22-24)15-4-5-15)23(13-25)12-16-6-7-17(26-2)10-19(16)27-3/h6-7,10-11,13-15H,4-5,8-9,12,21H2,1-3H3. The van der Waals surface area contributed by atoms with Crippen LogP contribution in [0.5, 0.6) is 11.5 Å². The molecule has 7 nitrogen and oxygen atoms in total. The van der Waals surface area contributed by atoms with Crippen LogP contribution in [0.1, 0.15) is 43.4 Å². The monoisotopic (exact) mass is 372 g/mol. The Morgan fingerprint density at radius 3 is 2.70 bits per heavy atom. The lowest BCUT2D eigenvalue weighted by atomic mass is 10.1. The Morgan fingerprint density at radius 1 is 1.33 bits per heavy atom. The van der Waals surface area contributed by atoms with Gasteiger partial charge in [0.15, 0.2) is 0 Å². The van der Waals surface area contributed by atoms with Crippen LogP contribution < -0.4 is 20.1 Å². The van der Waals surface area contributed by atoms with Crippen LogP contribution in [-0.4, -0.2) is 36.5 Å². The minimum Gasteiger partial charge on any atom is -0.497 e. The van der Waals surface area contributed by atoms with Crippen molar-refractivity contribution in [1.29, 1.82) is 0 Å². The van der Waals surface area contributed by atoms with Crippen molar-refractivity contribution >= 4 is 12.2 Å². The molecule has 1 unspecified atom stereocenters. The summed E-state index contributed by atoms with van der Waals surface area (Å²) in [6, 6.07) is 7.71. The minimum absolute atomic E-state index is 0.0813. The van der Waals surface area contributed by atoms with Crippen LogP contribution in [0.2, 0.25) is 0 Å². The molecule has 0 saturated heterocycles. The average Bonchev–Trinajstić information content (AvgIpc) is 3.44. The van der Waals surface area contributed by atoms with E-state index in [0.29, 0.717) is 30.5 Å². The van der Waals surface area contributed by atoms with Crippen molar-refractivity contribution < 1.29 is 14.3 Å². The second kappa shape index (κ2) is 8.43. The van der Waals surface area contributed by atoms with Gasteiger partial charge in [-0.3, -0.25) is 9.69 Å². The predicted molar refractivity (Wildman–Crippen MR) is 104 cm³/mol. The van der Waals surface area contributed by atoms with E-state index in [2.05, 4.69) is 0 Å². The van der Waals surface area contributed by atoms with Gasteiger partial charge in [0.25, 0.3) is 0 Å². The van der Waals surface area contributed by atoms with Gasteiger partial charge in [-0.25, -0.2) is 4.68 Å². The number of aromatic nitrogens is 2. The van der Waals surface area contributed by atoms with E-state index in [4.69, 9.17) is 20.3 Å². The van der Waals surface area contributed by atoms with E-state index in [1.165, 1.54) is 0 Å². The third kappa shape index (κ3) is 4.60. The van der Waals surface area contributed by atoms with E-state index >= 15 is 0 Å². The van der Waals surface area contributed by atoms with E-state index in [9.17, 15) is 4.79 Å². The maximum Gasteiger partial charge on any atom is 0.215 e. The van der Waals surface area contributed by atoms with Crippen LogP contribution in [0.25, 0.3) is 0 Å². The van der Waals surface area contributed by atoms with E-state index in [1.54, 1.807) is 19.1 Å². The molecule has 1 aromatic carbocycles. The number of aryl methyl sites for hydroxylation is 1. The molecule has 7 heteroatoms. The zero-order chi connectivity index (χ0) is 19.4. The highest BCUT2D eigenvalue weighted by molar-refractivity contribution is 5.73. The number of hydrogen-bond acceptors (Lipinski definition) is 5. The first-order valence-corrected chi connectivity index (χ1v) is 9.31. The fraction of sp³-hybridized carbons (Fsp3) is 0.500. The number of benzene rings is 1. The molecule has 2 N–H and O–H groups in total. The maximum absolute atomic E-state index is 11.9. The fourth-order valence-electron chi connectivity index (χ4n) is 3.06. The van der Waals surface area contributed by atoms with Gasteiger partial charge in [0.05, 0.1) is 26.5 Å². The molecule has 1 fully saturated rings. The number of carbonyl (C=O) groups is 1. The summed E-state index contributed by atoms with van der Waals surface area (Å²) in [5, 5.41) is 4.73. The van der Waals surface area contributed by atoms with Gasteiger partial charge in [0.2, 0.25) is 6.41 Å². The molecule has 0 radical (unpaired) electrons. The summed E-state index contributed by atoms with van der Waals surface area (Å²) in [7, 11) is 3.23. The molecule has 146 valence electrons. The minimum atomic E-state index is 0.0813. The van der Waals surface area contributed by atoms with Crippen LogP contribution in [0.15, 0.2) is 24.3 Å².